The Morgan fingerprint density at radius 1 is 1.29 bits per heavy atom. The number of fused-ring (bicyclic) bond motifs is 1. The number of nitrogens with zero attached hydrogens (tertiary/aromatic N) is 1. The fourth-order valence-corrected chi connectivity index (χ4v) is 2.16. The van der Waals surface area contributed by atoms with Gasteiger partial charge in [0.15, 0.2) is 0 Å². The topological polar surface area (TPSA) is 22.1 Å². The quantitative estimate of drug-likeness (QED) is 0.776. The van der Waals surface area contributed by atoms with E-state index in [2.05, 4.69) is 27.8 Å². The van der Waals surface area contributed by atoms with E-state index in [1.54, 1.807) is 13.3 Å². The Morgan fingerprint density at radius 2 is 2.07 bits per heavy atom. The third-order valence-corrected chi connectivity index (χ3v) is 2.89. The number of rotatable bonds is 1. The molecule has 0 N–H and O–H groups in total. The Kier molecular flexibility index (Phi) is 2.42. The summed E-state index contributed by atoms with van der Waals surface area (Å²) in [4.78, 5) is 4.32. The van der Waals surface area contributed by atoms with Crippen LogP contribution < -0.4 is 4.74 Å². The Hall–Kier alpha value is -1.09. The number of benzene rings is 1. The Labute approximate surface area is 91.0 Å². The molecule has 0 amide bonds. The molecule has 1 aromatic heterocycles. The molecule has 1 heterocycles. The van der Waals surface area contributed by atoms with Gasteiger partial charge in [0.1, 0.15) is 11.3 Å². The minimum atomic E-state index is 0.812. The van der Waals surface area contributed by atoms with Crippen LogP contribution in [0.5, 0.6) is 5.75 Å². The zero-order valence-electron chi connectivity index (χ0n) is 8.04. The minimum absolute atomic E-state index is 0.812. The third kappa shape index (κ3) is 1.38. The van der Waals surface area contributed by atoms with E-state index in [0.717, 1.165) is 21.1 Å². The summed E-state index contributed by atoms with van der Waals surface area (Å²) in [6.45, 7) is 2.06. The summed E-state index contributed by atoms with van der Waals surface area (Å²) in [6, 6.07) is 5.89. The molecule has 14 heavy (non-hydrogen) atoms. The van der Waals surface area contributed by atoms with Gasteiger partial charge in [-0.05, 0) is 30.7 Å². The summed E-state index contributed by atoms with van der Waals surface area (Å²) in [5, 5.41) is 1.12. The van der Waals surface area contributed by atoms with Gasteiger partial charge in [-0.1, -0.05) is 15.9 Å². The Balaban J connectivity index is 2.91. The van der Waals surface area contributed by atoms with Crippen molar-refractivity contribution in [3.8, 4) is 5.75 Å². The Morgan fingerprint density at radius 3 is 2.79 bits per heavy atom. The first-order chi connectivity index (χ1) is 6.74. The highest BCUT2D eigenvalue weighted by Crippen LogP contribution is 2.31. The number of hydrogen-bond acceptors (Lipinski definition) is 2. The average Bonchev–Trinajstić information content (AvgIpc) is 2.18. The van der Waals surface area contributed by atoms with Crippen LogP contribution >= 0.6 is 15.9 Å². The van der Waals surface area contributed by atoms with Crippen LogP contribution in [0.2, 0.25) is 0 Å². The van der Waals surface area contributed by atoms with Crippen LogP contribution in [-0.2, 0) is 0 Å². The molecule has 0 unspecified atom stereocenters. The van der Waals surface area contributed by atoms with E-state index >= 15 is 0 Å². The number of methoxy groups -OCH3 is 1. The molecule has 72 valence electrons. The highest BCUT2D eigenvalue weighted by Gasteiger charge is 2.07. The first kappa shape index (κ1) is 9.46. The van der Waals surface area contributed by atoms with Crippen molar-refractivity contribution in [2.24, 2.45) is 0 Å². The summed E-state index contributed by atoms with van der Waals surface area (Å²) in [7, 11) is 1.66. The molecule has 2 rings (SSSR count). The van der Waals surface area contributed by atoms with Crippen LogP contribution in [0.25, 0.3) is 10.9 Å². The van der Waals surface area contributed by atoms with Gasteiger partial charge >= 0.3 is 0 Å². The molecule has 0 fully saturated rings. The van der Waals surface area contributed by atoms with Crippen molar-refractivity contribution in [3.05, 3.63) is 34.4 Å². The zero-order chi connectivity index (χ0) is 10.1. The second-order valence-corrected chi connectivity index (χ2v) is 3.96. The summed E-state index contributed by atoms with van der Waals surface area (Å²) >= 11 is 3.52. The van der Waals surface area contributed by atoms with Crippen molar-refractivity contribution < 1.29 is 4.74 Å². The molecule has 0 saturated carbocycles. The van der Waals surface area contributed by atoms with Crippen molar-refractivity contribution in [2.45, 2.75) is 6.92 Å². The predicted molar refractivity (Wildman–Crippen MR) is 60.7 cm³/mol. The fraction of sp³-hybridized carbons (Fsp3) is 0.182. The van der Waals surface area contributed by atoms with Crippen molar-refractivity contribution in [2.75, 3.05) is 7.11 Å². The zero-order valence-corrected chi connectivity index (χ0v) is 9.63. The SMILES string of the molecule is COc1ccc(Br)c2c(C)ccnc12. The Bertz CT molecular complexity index is 474. The van der Waals surface area contributed by atoms with Gasteiger partial charge in [0.05, 0.1) is 7.11 Å². The molecule has 0 spiro atoms. The normalized spacial score (nSPS) is 10.5. The maximum absolute atomic E-state index is 5.25. The largest absolute Gasteiger partial charge is 0.494 e. The molecule has 1 aromatic carbocycles. The van der Waals surface area contributed by atoms with E-state index in [1.807, 2.05) is 18.2 Å². The van der Waals surface area contributed by atoms with Crippen LogP contribution in [-0.4, -0.2) is 12.1 Å². The third-order valence-electron chi connectivity index (χ3n) is 2.23. The van der Waals surface area contributed by atoms with Crippen LogP contribution in [0, 0.1) is 6.92 Å². The number of pyridine rings is 1. The molecule has 0 saturated heterocycles. The van der Waals surface area contributed by atoms with Crippen molar-refractivity contribution in [3.63, 3.8) is 0 Å². The standard InChI is InChI=1S/C11H10BrNO/c1-7-5-6-13-11-9(14-2)4-3-8(12)10(7)11/h3-6H,1-2H3. The molecule has 0 aliphatic rings. The molecule has 0 aliphatic carbocycles. The van der Waals surface area contributed by atoms with Gasteiger partial charge in [-0.15, -0.1) is 0 Å². The van der Waals surface area contributed by atoms with Crippen molar-refractivity contribution >= 4 is 26.8 Å². The van der Waals surface area contributed by atoms with E-state index in [4.69, 9.17) is 4.74 Å². The predicted octanol–water partition coefficient (Wildman–Crippen LogP) is 3.31. The number of ether oxygens (including phenoxy) is 1. The van der Waals surface area contributed by atoms with Gasteiger partial charge in [-0.25, -0.2) is 0 Å². The summed E-state index contributed by atoms with van der Waals surface area (Å²) in [5.41, 5.74) is 2.10. The maximum Gasteiger partial charge on any atom is 0.145 e. The molecular formula is C11H10BrNO. The average molecular weight is 252 g/mol. The van der Waals surface area contributed by atoms with Crippen LogP contribution in [0.3, 0.4) is 0 Å². The van der Waals surface area contributed by atoms with Gasteiger partial charge in [0, 0.05) is 16.1 Å². The highest BCUT2D eigenvalue weighted by atomic mass is 79.9. The van der Waals surface area contributed by atoms with Crippen molar-refractivity contribution in [1.29, 1.82) is 0 Å². The minimum Gasteiger partial charge on any atom is -0.494 e. The lowest BCUT2D eigenvalue weighted by Gasteiger charge is -2.07. The van der Waals surface area contributed by atoms with Crippen LogP contribution in [0.4, 0.5) is 0 Å². The van der Waals surface area contributed by atoms with E-state index in [-0.39, 0.29) is 0 Å². The lowest BCUT2D eigenvalue weighted by molar-refractivity contribution is 0.419. The smallest absolute Gasteiger partial charge is 0.145 e. The fourth-order valence-electron chi connectivity index (χ4n) is 1.52. The molecule has 0 radical (unpaired) electrons. The van der Waals surface area contributed by atoms with Gasteiger partial charge in [-0.3, -0.25) is 4.98 Å². The number of aryl methyl sites for hydroxylation is 1. The first-order valence-corrected chi connectivity index (χ1v) is 5.11. The number of halogens is 1. The number of hydrogen-bond donors (Lipinski definition) is 0. The summed E-state index contributed by atoms with van der Waals surface area (Å²) in [6.07, 6.45) is 1.80. The van der Waals surface area contributed by atoms with Crippen LogP contribution in [0.1, 0.15) is 5.56 Å². The molecule has 0 aliphatic heterocycles. The molecule has 3 heteroatoms. The maximum atomic E-state index is 5.25. The van der Waals surface area contributed by atoms with E-state index in [0.29, 0.717) is 0 Å². The lowest BCUT2D eigenvalue weighted by Crippen LogP contribution is -1.89. The summed E-state index contributed by atoms with van der Waals surface area (Å²) < 4.78 is 6.31. The highest BCUT2D eigenvalue weighted by molar-refractivity contribution is 9.10. The molecule has 0 bridgehead atoms. The summed E-state index contributed by atoms with van der Waals surface area (Å²) in [5.74, 6) is 0.812. The van der Waals surface area contributed by atoms with Crippen LogP contribution in [0.15, 0.2) is 28.9 Å². The molecule has 2 aromatic rings. The first-order valence-electron chi connectivity index (χ1n) is 4.32. The van der Waals surface area contributed by atoms with Gasteiger partial charge < -0.3 is 4.74 Å². The molecular weight excluding hydrogens is 242 g/mol. The van der Waals surface area contributed by atoms with Gasteiger partial charge in [-0.2, -0.15) is 0 Å². The lowest BCUT2D eigenvalue weighted by atomic mass is 10.1. The molecule has 2 nitrogen and oxygen atoms in total. The second-order valence-electron chi connectivity index (χ2n) is 3.10. The molecule has 0 atom stereocenters. The van der Waals surface area contributed by atoms with Crippen molar-refractivity contribution in [1.82, 2.24) is 4.98 Å². The van der Waals surface area contributed by atoms with E-state index < -0.39 is 0 Å². The van der Waals surface area contributed by atoms with E-state index in [9.17, 15) is 0 Å². The number of aromatic nitrogens is 1. The van der Waals surface area contributed by atoms with E-state index in [1.165, 1.54) is 5.56 Å². The van der Waals surface area contributed by atoms with Gasteiger partial charge in [0.2, 0.25) is 0 Å². The monoisotopic (exact) mass is 251 g/mol. The second kappa shape index (κ2) is 3.58. The van der Waals surface area contributed by atoms with Gasteiger partial charge in [0.25, 0.3) is 0 Å².